The van der Waals surface area contributed by atoms with Crippen molar-refractivity contribution in [3.63, 3.8) is 0 Å². The van der Waals surface area contributed by atoms with Crippen molar-refractivity contribution in [2.45, 2.75) is 89.9 Å². The van der Waals surface area contributed by atoms with Gasteiger partial charge in [0.05, 0.1) is 32.1 Å². The summed E-state index contributed by atoms with van der Waals surface area (Å²) < 4.78 is 12.8. The van der Waals surface area contributed by atoms with Gasteiger partial charge in [0.15, 0.2) is 11.2 Å². The summed E-state index contributed by atoms with van der Waals surface area (Å²) in [6.45, 7) is 8.55. The Morgan fingerprint density at radius 3 is 2.60 bits per heavy atom. The average Bonchev–Trinajstić information content (AvgIpc) is 3.49. The van der Waals surface area contributed by atoms with Gasteiger partial charge in [-0.2, -0.15) is 4.80 Å². The maximum Gasteiger partial charge on any atom is 0.259 e. The monoisotopic (exact) mass is 656 g/mol. The molecule has 1 saturated heterocycles. The second kappa shape index (κ2) is 11.4. The number of piperazine rings is 1. The fraction of sp³-hybridized carbons (Fsp3) is 0.600. The zero-order valence-corrected chi connectivity index (χ0v) is 28.2. The van der Waals surface area contributed by atoms with Crippen molar-refractivity contribution in [3.05, 3.63) is 45.9 Å². The van der Waals surface area contributed by atoms with E-state index in [9.17, 15) is 14.4 Å². The van der Waals surface area contributed by atoms with E-state index in [0.717, 1.165) is 43.5 Å². The van der Waals surface area contributed by atoms with Gasteiger partial charge in [-0.1, -0.05) is 20.8 Å². The minimum absolute atomic E-state index is 0.0377. The van der Waals surface area contributed by atoms with Crippen LogP contribution in [-0.2, 0) is 22.5 Å². The Hall–Kier alpha value is -4.26. The average molecular weight is 657 g/mol. The molecule has 2 amide bonds. The van der Waals surface area contributed by atoms with Crippen molar-refractivity contribution in [1.29, 1.82) is 0 Å². The summed E-state index contributed by atoms with van der Waals surface area (Å²) in [4.78, 5) is 51.9. The highest BCUT2D eigenvalue weighted by Gasteiger charge is 2.69. The lowest BCUT2D eigenvalue weighted by atomic mass is 9.36. The number of carbonyl (C=O) groups is 2. The van der Waals surface area contributed by atoms with E-state index in [-0.39, 0.29) is 46.9 Å². The Bertz CT molecular complexity index is 1880. The molecule has 6 aliphatic rings. The molecule has 13 heteroatoms. The molecule has 48 heavy (non-hydrogen) atoms. The number of carbonyl (C=O) groups excluding carboxylic acids is 2. The van der Waals surface area contributed by atoms with Crippen LogP contribution >= 0.6 is 0 Å². The molecule has 2 bridgehead atoms. The van der Waals surface area contributed by atoms with Crippen molar-refractivity contribution < 1.29 is 19.1 Å². The van der Waals surface area contributed by atoms with E-state index in [1.165, 1.54) is 7.11 Å². The molecular weight excluding hydrogens is 612 g/mol. The third-order valence-corrected chi connectivity index (χ3v) is 11.7. The Morgan fingerprint density at radius 1 is 1.15 bits per heavy atom. The van der Waals surface area contributed by atoms with Gasteiger partial charge in [0.1, 0.15) is 17.8 Å². The molecule has 0 unspecified atom stereocenters. The number of aromatic nitrogens is 5. The van der Waals surface area contributed by atoms with E-state index in [0.29, 0.717) is 73.3 Å². The van der Waals surface area contributed by atoms with E-state index in [1.54, 1.807) is 23.1 Å². The van der Waals surface area contributed by atoms with E-state index in [4.69, 9.17) is 19.7 Å². The first-order valence-corrected chi connectivity index (χ1v) is 17.3. The minimum atomic E-state index is -0.185. The highest BCUT2D eigenvalue weighted by atomic mass is 16.5. The van der Waals surface area contributed by atoms with Crippen LogP contribution in [-0.4, -0.2) is 92.3 Å². The molecule has 5 fully saturated rings. The largest absolute Gasteiger partial charge is 0.480 e. The summed E-state index contributed by atoms with van der Waals surface area (Å²) in [5, 5.41) is 12.9. The number of nitrogens with zero attached hydrogens (tertiary/aromatic N) is 7. The normalized spacial score (nSPS) is 27.5. The summed E-state index contributed by atoms with van der Waals surface area (Å²) in [5.41, 5.74) is 3.38. The summed E-state index contributed by atoms with van der Waals surface area (Å²) in [5.74, 6) is 0.729. The van der Waals surface area contributed by atoms with Gasteiger partial charge >= 0.3 is 0 Å². The smallest absolute Gasteiger partial charge is 0.259 e. The number of methoxy groups -OCH3 is 1. The Labute approximate surface area is 279 Å². The lowest BCUT2D eigenvalue weighted by molar-refractivity contribution is -0.187. The van der Waals surface area contributed by atoms with Crippen LogP contribution < -0.4 is 20.4 Å². The van der Waals surface area contributed by atoms with Crippen LogP contribution in [0.5, 0.6) is 5.88 Å². The van der Waals surface area contributed by atoms with Crippen molar-refractivity contribution in [2.24, 2.45) is 11.3 Å². The van der Waals surface area contributed by atoms with Gasteiger partial charge < -0.3 is 29.2 Å². The Morgan fingerprint density at radius 2 is 1.94 bits per heavy atom. The molecule has 0 spiro atoms. The molecule has 4 saturated carbocycles. The van der Waals surface area contributed by atoms with Gasteiger partial charge in [-0.3, -0.25) is 14.4 Å². The predicted molar refractivity (Wildman–Crippen MR) is 179 cm³/mol. The van der Waals surface area contributed by atoms with Gasteiger partial charge in [-0.05, 0) is 68.1 Å². The number of rotatable bonds is 9. The maximum atomic E-state index is 14.5. The molecule has 0 aromatic carbocycles. The molecule has 2 aliphatic heterocycles. The topological polar surface area (TPSA) is 137 Å². The summed E-state index contributed by atoms with van der Waals surface area (Å²) >= 11 is 0. The van der Waals surface area contributed by atoms with Crippen molar-refractivity contribution in [2.75, 3.05) is 38.3 Å². The lowest BCUT2D eigenvalue weighted by Gasteiger charge is -2.72. The van der Waals surface area contributed by atoms with Gasteiger partial charge in [0.25, 0.3) is 5.91 Å². The van der Waals surface area contributed by atoms with Crippen molar-refractivity contribution in [3.8, 4) is 5.88 Å². The Kier molecular flexibility index (Phi) is 7.39. The third kappa shape index (κ3) is 4.67. The second-order valence-corrected chi connectivity index (χ2v) is 14.6. The fourth-order valence-electron chi connectivity index (χ4n) is 9.01. The van der Waals surface area contributed by atoms with E-state index >= 15 is 0 Å². The van der Waals surface area contributed by atoms with Crippen LogP contribution in [0.4, 0.5) is 5.69 Å². The summed E-state index contributed by atoms with van der Waals surface area (Å²) in [6, 6.07) is 3.39. The summed E-state index contributed by atoms with van der Waals surface area (Å²) in [7, 11) is 1.52. The molecular formula is C35H44N8O5. The number of pyridine rings is 2. The third-order valence-electron chi connectivity index (χ3n) is 11.7. The molecule has 4 aliphatic carbocycles. The van der Waals surface area contributed by atoms with Crippen molar-refractivity contribution in [1.82, 2.24) is 34.8 Å². The molecule has 254 valence electrons. The van der Waals surface area contributed by atoms with E-state index in [2.05, 4.69) is 29.0 Å². The SMILES string of the molecule is CCc1c(N2CCN(C(=O)c3cccnc3OC)[C@H]3CC[C@@H]32)c(=O)c2nn(C3=CCOCC3)nc2n1CC(=O)NC12CC(C(C)C)(C1)C2. The van der Waals surface area contributed by atoms with Crippen LogP contribution in [0.3, 0.4) is 0 Å². The number of fused-ring (bicyclic) bond motifs is 2. The maximum absolute atomic E-state index is 14.5. The van der Waals surface area contributed by atoms with Crippen LogP contribution in [0.1, 0.15) is 75.3 Å². The molecule has 13 nitrogen and oxygen atoms in total. The number of amides is 2. The lowest BCUT2D eigenvalue weighted by Crippen LogP contribution is -2.76. The van der Waals surface area contributed by atoms with Crippen LogP contribution in [0.2, 0.25) is 0 Å². The van der Waals surface area contributed by atoms with Crippen LogP contribution in [0.25, 0.3) is 16.9 Å². The highest BCUT2D eigenvalue weighted by Crippen LogP contribution is 2.70. The number of nitrogens with one attached hydrogen (secondary N) is 1. The van der Waals surface area contributed by atoms with Gasteiger partial charge in [-0.25, -0.2) is 4.98 Å². The summed E-state index contributed by atoms with van der Waals surface area (Å²) in [6.07, 6.45) is 9.47. The first-order chi connectivity index (χ1) is 23.2. The molecule has 3 aromatic rings. The molecule has 5 heterocycles. The predicted octanol–water partition coefficient (Wildman–Crippen LogP) is 3.01. The molecule has 0 radical (unpaired) electrons. The quantitative estimate of drug-likeness (QED) is 0.369. The van der Waals surface area contributed by atoms with Gasteiger partial charge in [0, 0.05) is 43.0 Å². The highest BCUT2D eigenvalue weighted by molar-refractivity contribution is 5.97. The first-order valence-electron chi connectivity index (χ1n) is 17.3. The van der Waals surface area contributed by atoms with Crippen LogP contribution in [0.15, 0.2) is 29.2 Å². The molecule has 3 aromatic heterocycles. The number of anilines is 1. The fourth-order valence-corrected chi connectivity index (χ4v) is 9.01. The number of hydrogen-bond acceptors (Lipinski definition) is 9. The molecule has 2 atom stereocenters. The van der Waals surface area contributed by atoms with Crippen molar-refractivity contribution >= 4 is 34.4 Å². The number of ether oxygens (including phenoxy) is 2. The zero-order valence-electron chi connectivity index (χ0n) is 28.2. The first kappa shape index (κ1) is 31.0. The van der Waals surface area contributed by atoms with E-state index < -0.39 is 0 Å². The van der Waals surface area contributed by atoms with Crippen LogP contribution in [0, 0.1) is 11.3 Å². The van der Waals surface area contributed by atoms with Gasteiger partial charge in [0.2, 0.25) is 17.2 Å². The zero-order chi connectivity index (χ0) is 33.4. The molecule has 9 rings (SSSR count). The second-order valence-electron chi connectivity index (χ2n) is 14.6. The number of hydrogen-bond donors (Lipinski definition) is 1. The minimum Gasteiger partial charge on any atom is -0.480 e. The Balaban J connectivity index is 1.15. The van der Waals surface area contributed by atoms with Gasteiger partial charge in [-0.15, -0.1) is 10.2 Å². The standard InChI is InChI=1S/C35H44N8O5/c1-5-24-29(40-13-14-41(26-9-8-25(26)40)33(46)23-7-6-12-36-32(23)47-4)30(45)28-31(39-43(38-28)22-10-15-48-16-11-22)42(24)17-27(44)37-35-18-34(19-35,20-35)21(2)3/h6-7,10,12,21,25-26H,5,8-9,11,13-20H2,1-4H3,(H,37,44)/t25-,26-,34?,35?/m0/s1. The molecule has 1 N–H and O–H groups in total. The van der Waals surface area contributed by atoms with E-state index in [1.807, 2.05) is 22.5 Å².